The van der Waals surface area contributed by atoms with E-state index in [1.54, 1.807) is 23.4 Å². The number of hydrogen-bond donors (Lipinski definition) is 0. The minimum atomic E-state index is -0.0612. The molecule has 3 heterocycles. The molecular weight excluding hydrogens is 280 g/mol. The summed E-state index contributed by atoms with van der Waals surface area (Å²) < 4.78 is 9.48. The Balaban J connectivity index is 1.89. The monoisotopic (exact) mass is 294 g/mol. The van der Waals surface area contributed by atoms with Gasteiger partial charge in [0, 0.05) is 12.0 Å². The zero-order chi connectivity index (χ0) is 14.9. The van der Waals surface area contributed by atoms with Crippen LogP contribution in [0.15, 0.2) is 31.0 Å². The second-order valence-corrected chi connectivity index (χ2v) is 5.32. The van der Waals surface area contributed by atoms with Gasteiger partial charge in [0.25, 0.3) is 0 Å². The van der Waals surface area contributed by atoms with Gasteiger partial charge in [-0.2, -0.15) is 10.4 Å². The van der Waals surface area contributed by atoms with Crippen LogP contribution in [-0.4, -0.2) is 31.2 Å². The topological polar surface area (TPSA) is 81.5 Å². The Morgan fingerprint density at radius 2 is 2.09 bits per heavy atom. The Kier molecular flexibility index (Phi) is 3.09. The summed E-state index contributed by atoms with van der Waals surface area (Å²) in [5, 5.41) is 22.3. The van der Waals surface area contributed by atoms with E-state index >= 15 is 0 Å². The summed E-state index contributed by atoms with van der Waals surface area (Å²) in [6, 6.07) is 6.05. The number of aromatic nitrogens is 5. The zero-order valence-corrected chi connectivity index (χ0v) is 11.9. The molecule has 4 rings (SSSR count). The summed E-state index contributed by atoms with van der Waals surface area (Å²) in [7, 11) is 0. The molecule has 3 aromatic rings. The fraction of sp³-hybridized carbons (Fsp3) is 0.333. The highest BCUT2D eigenvalue weighted by Crippen LogP contribution is 2.29. The lowest BCUT2D eigenvalue weighted by atomic mass is 10.1. The van der Waals surface area contributed by atoms with Crippen molar-refractivity contribution in [1.82, 2.24) is 24.5 Å². The Hall–Kier alpha value is -2.72. The van der Waals surface area contributed by atoms with Gasteiger partial charge in [0.05, 0.1) is 29.0 Å². The minimum absolute atomic E-state index is 0.0612. The van der Waals surface area contributed by atoms with Crippen molar-refractivity contribution >= 4 is 10.9 Å². The number of nitrogens with zero attached hydrogens (tertiary/aromatic N) is 6. The van der Waals surface area contributed by atoms with Crippen LogP contribution in [0.5, 0.6) is 0 Å². The lowest BCUT2D eigenvalue weighted by Gasteiger charge is -2.23. The Labute approximate surface area is 126 Å². The van der Waals surface area contributed by atoms with E-state index < -0.39 is 0 Å². The van der Waals surface area contributed by atoms with Crippen LogP contribution in [0.25, 0.3) is 16.6 Å². The van der Waals surface area contributed by atoms with Crippen LogP contribution >= 0.6 is 0 Å². The molecule has 2 aromatic heterocycles. The maximum atomic E-state index is 9.42. The Bertz CT molecular complexity index is 839. The van der Waals surface area contributed by atoms with Gasteiger partial charge in [-0.3, -0.25) is 4.57 Å². The van der Waals surface area contributed by atoms with E-state index in [0.717, 1.165) is 42.5 Å². The summed E-state index contributed by atoms with van der Waals surface area (Å²) in [6.07, 6.45) is 8.05. The predicted molar refractivity (Wildman–Crippen MR) is 78.2 cm³/mol. The highest BCUT2D eigenvalue weighted by Gasteiger charge is 2.20. The van der Waals surface area contributed by atoms with Crippen molar-refractivity contribution < 1.29 is 4.74 Å². The van der Waals surface area contributed by atoms with Gasteiger partial charge in [-0.25, -0.2) is 4.68 Å². The number of benzene rings is 1. The summed E-state index contributed by atoms with van der Waals surface area (Å²) in [5.74, 6) is 0. The second-order valence-electron chi connectivity index (χ2n) is 5.32. The van der Waals surface area contributed by atoms with E-state index in [9.17, 15) is 5.26 Å². The fourth-order valence-electron chi connectivity index (χ4n) is 2.85. The van der Waals surface area contributed by atoms with Crippen molar-refractivity contribution in [3.63, 3.8) is 0 Å². The molecule has 110 valence electrons. The molecule has 0 radical (unpaired) electrons. The highest BCUT2D eigenvalue weighted by molar-refractivity contribution is 5.87. The van der Waals surface area contributed by atoms with Crippen LogP contribution in [0, 0.1) is 11.3 Å². The maximum absolute atomic E-state index is 9.42. The van der Waals surface area contributed by atoms with Gasteiger partial charge in [0.15, 0.2) is 6.23 Å². The maximum Gasteiger partial charge on any atom is 0.150 e. The van der Waals surface area contributed by atoms with Crippen molar-refractivity contribution in [1.29, 1.82) is 5.26 Å². The largest absolute Gasteiger partial charge is 0.356 e. The number of ether oxygens (including phenoxy) is 1. The number of fused-ring (bicyclic) bond motifs is 1. The number of hydrogen-bond acceptors (Lipinski definition) is 5. The molecule has 1 aliphatic heterocycles. The molecule has 0 N–H and O–H groups in total. The lowest BCUT2D eigenvalue weighted by molar-refractivity contribution is -0.0366. The molecule has 22 heavy (non-hydrogen) atoms. The molecule has 1 aromatic carbocycles. The quantitative estimate of drug-likeness (QED) is 0.723. The van der Waals surface area contributed by atoms with E-state index in [4.69, 9.17) is 4.74 Å². The first-order valence-electron chi connectivity index (χ1n) is 7.25. The van der Waals surface area contributed by atoms with Gasteiger partial charge in [0.2, 0.25) is 0 Å². The second kappa shape index (κ2) is 5.24. The molecule has 0 amide bonds. The SMILES string of the molecule is N#Cc1cc(-n2cnnc2)cc2c1cnn2C1CCCCO1. The zero-order valence-electron chi connectivity index (χ0n) is 11.9. The molecule has 1 aliphatic rings. The van der Waals surface area contributed by atoms with Crippen LogP contribution in [-0.2, 0) is 4.74 Å². The van der Waals surface area contributed by atoms with Crippen molar-refractivity contribution in [2.24, 2.45) is 0 Å². The molecule has 1 atom stereocenters. The third-order valence-corrected chi connectivity index (χ3v) is 3.97. The molecular formula is C15H14N6O. The summed E-state index contributed by atoms with van der Waals surface area (Å²) in [5.41, 5.74) is 2.32. The van der Waals surface area contributed by atoms with Crippen LogP contribution in [0.4, 0.5) is 0 Å². The summed E-state index contributed by atoms with van der Waals surface area (Å²) >= 11 is 0. The van der Waals surface area contributed by atoms with E-state index in [1.807, 2.05) is 16.8 Å². The molecule has 7 heteroatoms. The summed E-state index contributed by atoms with van der Waals surface area (Å²) in [6.45, 7) is 0.752. The smallest absolute Gasteiger partial charge is 0.150 e. The number of rotatable bonds is 2. The van der Waals surface area contributed by atoms with Crippen molar-refractivity contribution in [2.45, 2.75) is 25.5 Å². The van der Waals surface area contributed by atoms with Gasteiger partial charge in [-0.05, 0) is 31.4 Å². The Morgan fingerprint density at radius 1 is 1.23 bits per heavy atom. The van der Waals surface area contributed by atoms with Crippen LogP contribution in [0.3, 0.4) is 0 Å². The number of nitriles is 1. The Morgan fingerprint density at radius 3 is 2.82 bits per heavy atom. The first-order valence-corrected chi connectivity index (χ1v) is 7.25. The third kappa shape index (κ3) is 2.05. The average Bonchev–Trinajstić information content (AvgIpc) is 3.24. The van der Waals surface area contributed by atoms with Crippen molar-refractivity contribution in [3.8, 4) is 11.8 Å². The van der Waals surface area contributed by atoms with Crippen LogP contribution in [0.1, 0.15) is 31.1 Å². The molecule has 1 fully saturated rings. The molecule has 0 aliphatic carbocycles. The van der Waals surface area contributed by atoms with E-state index in [2.05, 4.69) is 21.4 Å². The van der Waals surface area contributed by atoms with E-state index in [-0.39, 0.29) is 6.23 Å². The van der Waals surface area contributed by atoms with Gasteiger partial charge >= 0.3 is 0 Å². The van der Waals surface area contributed by atoms with Gasteiger partial charge < -0.3 is 4.74 Å². The normalized spacial score (nSPS) is 18.4. The van der Waals surface area contributed by atoms with Gasteiger partial charge in [0.1, 0.15) is 12.7 Å². The molecule has 7 nitrogen and oxygen atoms in total. The molecule has 1 saturated heterocycles. The third-order valence-electron chi connectivity index (χ3n) is 3.97. The average molecular weight is 294 g/mol. The molecule has 0 spiro atoms. The molecule has 0 bridgehead atoms. The highest BCUT2D eigenvalue weighted by atomic mass is 16.5. The lowest BCUT2D eigenvalue weighted by Crippen LogP contribution is -2.19. The van der Waals surface area contributed by atoms with Crippen molar-refractivity contribution in [3.05, 3.63) is 36.5 Å². The standard InChI is InChI=1S/C15H14N6O/c16-7-11-5-12(20-9-17-18-10-20)6-14-13(11)8-19-21(14)15-3-1-2-4-22-15/h5-6,8-10,15H,1-4H2. The van der Waals surface area contributed by atoms with Crippen LogP contribution < -0.4 is 0 Å². The minimum Gasteiger partial charge on any atom is -0.356 e. The van der Waals surface area contributed by atoms with E-state index in [1.165, 1.54) is 0 Å². The molecule has 0 saturated carbocycles. The first kappa shape index (κ1) is 13.0. The van der Waals surface area contributed by atoms with Crippen LogP contribution in [0.2, 0.25) is 0 Å². The van der Waals surface area contributed by atoms with Gasteiger partial charge in [-0.15, -0.1) is 10.2 Å². The first-order chi connectivity index (χ1) is 10.9. The van der Waals surface area contributed by atoms with Crippen molar-refractivity contribution in [2.75, 3.05) is 6.61 Å². The molecule has 1 unspecified atom stereocenters. The predicted octanol–water partition coefficient (Wildman–Crippen LogP) is 2.19. The fourth-order valence-corrected chi connectivity index (χ4v) is 2.85. The summed E-state index contributed by atoms with van der Waals surface area (Å²) in [4.78, 5) is 0. The van der Waals surface area contributed by atoms with E-state index in [0.29, 0.717) is 5.56 Å². The van der Waals surface area contributed by atoms with Gasteiger partial charge in [-0.1, -0.05) is 0 Å².